The average Bonchev–Trinajstić information content (AvgIpc) is 2.40. The van der Waals surface area contributed by atoms with Crippen molar-refractivity contribution in [2.24, 2.45) is 0 Å². The summed E-state index contributed by atoms with van der Waals surface area (Å²) >= 11 is 0. The van der Waals surface area contributed by atoms with Crippen LogP contribution in [0.1, 0.15) is 0 Å². The van der Waals surface area contributed by atoms with Crippen molar-refractivity contribution in [1.29, 1.82) is 0 Å². The number of anilines is 1. The van der Waals surface area contributed by atoms with E-state index in [4.69, 9.17) is 24.7 Å². The normalized spacial score (nSPS) is 10.6. The molecule has 0 spiro atoms. The van der Waals surface area contributed by atoms with Crippen LogP contribution in [0.25, 0.3) is 0 Å². The minimum atomic E-state index is -0.655. The molecule has 7 nitrogen and oxygen atoms in total. The summed E-state index contributed by atoms with van der Waals surface area (Å²) in [5.41, 5.74) is 5.31. The summed E-state index contributed by atoms with van der Waals surface area (Å²) in [4.78, 5) is 7.10. The highest BCUT2D eigenvalue weighted by Crippen LogP contribution is 2.12. The zero-order chi connectivity index (χ0) is 13.9. The molecule has 108 valence electrons. The lowest BCUT2D eigenvalue weighted by molar-refractivity contribution is 0.0173. The topological polar surface area (TPSA) is 88.7 Å². The van der Waals surface area contributed by atoms with Gasteiger partial charge in [-0.25, -0.2) is 4.98 Å². The van der Waals surface area contributed by atoms with E-state index in [9.17, 15) is 4.39 Å². The van der Waals surface area contributed by atoms with E-state index >= 15 is 0 Å². The molecule has 0 bridgehead atoms. The molecule has 0 fully saturated rings. The summed E-state index contributed by atoms with van der Waals surface area (Å²) in [5, 5.41) is 0. The number of nitrogen functional groups attached to an aromatic ring is 1. The van der Waals surface area contributed by atoms with Gasteiger partial charge in [0.05, 0.1) is 39.2 Å². The van der Waals surface area contributed by atoms with E-state index in [0.29, 0.717) is 33.0 Å². The van der Waals surface area contributed by atoms with E-state index < -0.39 is 5.82 Å². The number of halogens is 1. The molecule has 1 aromatic heterocycles. The summed E-state index contributed by atoms with van der Waals surface area (Å²) in [7, 11) is 1.61. The Balaban J connectivity index is 2.03. The van der Waals surface area contributed by atoms with Crippen LogP contribution in [0.5, 0.6) is 5.88 Å². The standard InChI is InChI=1S/C11H18FN3O4/c1-16-2-3-17-4-5-18-6-7-19-10-9(12)8-14-11(13)15-10/h8H,2-7H2,1H3,(H2,13,14,15). The van der Waals surface area contributed by atoms with E-state index in [2.05, 4.69) is 9.97 Å². The van der Waals surface area contributed by atoms with Gasteiger partial charge in [-0.2, -0.15) is 9.37 Å². The second-order valence-electron chi connectivity index (χ2n) is 3.45. The maximum absolute atomic E-state index is 13.1. The second kappa shape index (κ2) is 9.42. The smallest absolute Gasteiger partial charge is 0.255 e. The van der Waals surface area contributed by atoms with Crippen molar-refractivity contribution in [1.82, 2.24) is 9.97 Å². The van der Waals surface area contributed by atoms with Crippen LogP contribution in [0.4, 0.5) is 10.3 Å². The lowest BCUT2D eigenvalue weighted by Crippen LogP contribution is -2.13. The molecule has 1 heterocycles. The number of methoxy groups -OCH3 is 1. The Hall–Kier alpha value is -1.51. The Morgan fingerprint density at radius 3 is 2.42 bits per heavy atom. The molecule has 0 radical (unpaired) electrons. The van der Waals surface area contributed by atoms with Crippen molar-refractivity contribution in [2.45, 2.75) is 0 Å². The lowest BCUT2D eigenvalue weighted by Gasteiger charge is -2.07. The van der Waals surface area contributed by atoms with Gasteiger partial charge in [0.2, 0.25) is 11.8 Å². The minimum Gasteiger partial charge on any atom is -0.473 e. The van der Waals surface area contributed by atoms with Crippen molar-refractivity contribution in [3.05, 3.63) is 12.0 Å². The first-order valence-electron chi connectivity index (χ1n) is 5.79. The van der Waals surface area contributed by atoms with Crippen molar-refractivity contribution >= 4 is 5.95 Å². The fraction of sp³-hybridized carbons (Fsp3) is 0.636. The van der Waals surface area contributed by atoms with E-state index in [1.165, 1.54) is 0 Å². The van der Waals surface area contributed by atoms with Gasteiger partial charge >= 0.3 is 0 Å². The summed E-state index contributed by atoms with van der Waals surface area (Å²) < 4.78 is 33.4. The maximum atomic E-state index is 13.1. The van der Waals surface area contributed by atoms with Crippen LogP contribution in [0, 0.1) is 5.82 Å². The third kappa shape index (κ3) is 6.85. The molecule has 0 saturated carbocycles. The highest BCUT2D eigenvalue weighted by atomic mass is 19.1. The van der Waals surface area contributed by atoms with Crippen LogP contribution in [0.3, 0.4) is 0 Å². The molecule has 0 aliphatic rings. The first kappa shape index (κ1) is 15.5. The van der Waals surface area contributed by atoms with Crippen LogP contribution in [-0.2, 0) is 14.2 Å². The summed E-state index contributed by atoms with van der Waals surface area (Å²) in [6.07, 6.45) is 0.960. The molecule has 8 heteroatoms. The number of aromatic nitrogens is 2. The van der Waals surface area contributed by atoms with Crippen LogP contribution >= 0.6 is 0 Å². The summed E-state index contributed by atoms with van der Waals surface area (Å²) in [5.74, 6) is -0.867. The number of ether oxygens (including phenoxy) is 4. The van der Waals surface area contributed by atoms with Crippen LogP contribution < -0.4 is 10.5 Å². The monoisotopic (exact) mass is 275 g/mol. The Labute approximate surface area is 110 Å². The van der Waals surface area contributed by atoms with Gasteiger partial charge in [-0.1, -0.05) is 0 Å². The van der Waals surface area contributed by atoms with Crippen molar-refractivity contribution in [3.8, 4) is 5.88 Å². The van der Waals surface area contributed by atoms with E-state index in [-0.39, 0.29) is 18.4 Å². The van der Waals surface area contributed by atoms with Gasteiger partial charge in [-0.05, 0) is 0 Å². The van der Waals surface area contributed by atoms with Crippen LogP contribution in [0.2, 0.25) is 0 Å². The van der Waals surface area contributed by atoms with Crippen molar-refractivity contribution in [3.63, 3.8) is 0 Å². The molecule has 0 unspecified atom stereocenters. The van der Waals surface area contributed by atoms with Gasteiger partial charge in [0.15, 0.2) is 0 Å². The molecule has 2 N–H and O–H groups in total. The van der Waals surface area contributed by atoms with Crippen LogP contribution in [0.15, 0.2) is 6.20 Å². The van der Waals surface area contributed by atoms with Gasteiger partial charge in [0.25, 0.3) is 5.88 Å². The Kier molecular flexibility index (Phi) is 7.71. The Bertz CT molecular complexity index is 368. The predicted molar refractivity (Wildman–Crippen MR) is 65.4 cm³/mol. The average molecular weight is 275 g/mol. The molecule has 0 amide bonds. The molecule has 0 atom stereocenters. The number of nitrogens with two attached hydrogens (primary N) is 1. The van der Waals surface area contributed by atoms with Crippen molar-refractivity contribution < 1.29 is 23.3 Å². The molecule has 1 aromatic rings. The highest BCUT2D eigenvalue weighted by molar-refractivity contribution is 5.22. The highest BCUT2D eigenvalue weighted by Gasteiger charge is 2.06. The molecule has 0 saturated heterocycles. The van der Waals surface area contributed by atoms with Gasteiger partial charge in [0, 0.05) is 7.11 Å². The predicted octanol–water partition coefficient (Wildman–Crippen LogP) is 0.256. The maximum Gasteiger partial charge on any atom is 0.255 e. The SMILES string of the molecule is COCCOCCOCCOc1nc(N)ncc1F. The molecule has 0 aliphatic heterocycles. The van der Waals surface area contributed by atoms with Gasteiger partial charge in [-0.3, -0.25) is 0 Å². The molecule has 19 heavy (non-hydrogen) atoms. The largest absolute Gasteiger partial charge is 0.473 e. The fourth-order valence-corrected chi connectivity index (χ4v) is 1.13. The summed E-state index contributed by atoms with van der Waals surface area (Å²) in [6.45, 7) is 2.46. The second-order valence-corrected chi connectivity index (χ2v) is 3.45. The first-order chi connectivity index (χ1) is 9.24. The van der Waals surface area contributed by atoms with Gasteiger partial charge in [-0.15, -0.1) is 0 Å². The fourth-order valence-electron chi connectivity index (χ4n) is 1.13. The molecular weight excluding hydrogens is 257 g/mol. The Morgan fingerprint density at radius 2 is 1.74 bits per heavy atom. The van der Waals surface area contributed by atoms with Crippen LogP contribution in [-0.4, -0.2) is 56.7 Å². The van der Waals surface area contributed by atoms with Gasteiger partial charge < -0.3 is 24.7 Å². The number of hydrogen-bond acceptors (Lipinski definition) is 7. The molecule has 1 rings (SSSR count). The number of nitrogens with zero attached hydrogens (tertiary/aromatic N) is 2. The van der Waals surface area contributed by atoms with E-state index in [1.54, 1.807) is 7.11 Å². The number of rotatable bonds is 10. The quantitative estimate of drug-likeness (QED) is 0.612. The zero-order valence-electron chi connectivity index (χ0n) is 10.8. The number of hydrogen-bond donors (Lipinski definition) is 1. The first-order valence-corrected chi connectivity index (χ1v) is 5.79. The molecule has 0 aliphatic carbocycles. The summed E-state index contributed by atoms with van der Waals surface area (Å²) in [6, 6.07) is 0. The molecular formula is C11H18FN3O4. The van der Waals surface area contributed by atoms with Crippen molar-refractivity contribution in [2.75, 3.05) is 52.5 Å². The van der Waals surface area contributed by atoms with E-state index in [1.807, 2.05) is 0 Å². The third-order valence-corrected chi connectivity index (χ3v) is 2.00. The molecule has 0 aromatic carbocycles. The van der Waals surface area contributed by atoms with E-state index in [0.717, 1.165) is 6.20 Å². The minimum absolute atomic E-state index is 0.0381. The third-order valence-electron chi connectivity index (χ3n) is 2.00. The zero-order valence-corrected chi connectivity index (χ0v) is 10.8. The Morgan fingerprint density at radius 1 is 1.11 bits per heavy atom. The van der Waals surface area contributed by atoms with Gasteiger partial charge in [0.1, 0.15) is 6.61 Å². The lowest BCUT2D eigenvalue weighted by atomic mass is 10.6.